The first kappa shape index (κ1) is 12.3. The third-order valence-corrected chi connectivity index (χ3v) is 3.30. The van der Waals surface area contributed by atoms with Gasteiger partial charge in [-0.1, -0.05) is 45.7 Å². The van der Waals surface area contributed by atoms with Gasteiger partial charge in [0.1, 0.15) is 11.0 Å². The van der Waals surface area contributed by atoms with Crippen molar-refractivity contribution in [2.75, 3.05) is 11.9 Å². The summed E-state index contributed by atoms with van der Waals surface area (Å²) in [5.41, 5.74) is 1.19. The van der Waals surface area contributed by atoms with E-state index in [2.05, 4.69) is 32.0 Å². The largest absolute Gasteiger partial charge is 0.354 e. The first-order chi connectivity index (χ1) is 8.16. The number of nitrogens with zero attached hydrogens (tertiary/aromatic N) is 3. The minimum atomic E-state index is 0.404. The summed E-state index contributed by atoms with van der Waals surface area (Å²) in [5, 5.41) is 0.404. The van der Waals surface area contributed by atoms with Crippen LogP contribution in [0, 0.1) is 0 Å². The summed E-state index contributed by atoms with van der Waals surface area (Å²) in [6, 6.07) is 8.09. The van der Waals surface area contributed by atoms with Gasteiger partial charge in [0.25, 0.3) is 0 Å². The number of halogens is 2. The molecule has 0 atom stereocenters. The smallest absolute Gasteiger partial charge is 0.149 e. The molecule has 0 amide bonds. The fraction of sp³-hybridized carbons (Fsp3) is 0.167. The fourth-order valence-corrected chi connectivity index (χ4v) is 2.03. The average molecular weight is 313 g/mol. The summed E-state index contributed by atoms with van der Waals surface area (Å²) < 4.78 is 1.09. The van der Waals surface area contributed by atoms with Crippen molar-refractivity contribution in [2.24, 2.45) is 0 Å². The second-order valence-electron chi connectivity index (χ2n) is 3.65. The molecule has 0 aliphatic heterocycles. The van der Waals surface area contributed by atoms with Gasteiger partial charge in [0.2, 0.25) is 0 Å². The van der Waals surface area contributed by atoms with Crippen LogP contribution in [0.5, 0.6) is 0 Å². The molecule has 17 heavy (non-hydrogen) atoms. The predicted molar refractivity (Wildman–Crippen MR) is 73.3 cm³/mol. The zero-order valence-corrected chi connectivity index (χ0v) is 11.6. The molecule has 0 N–H and O–H groups in total. The Balaban J connectivity index is 2.17. The summed E-state index contributed by atoms with van der Waals surface area (Å²) in [7, 11) is 1.96. The SMILES string of the molecule is CN(Cc1ccccc1Br)c1cncc(Cl)n1. The van der Waals surface area contributed by atoms with Crippen LogP contribution in [-0.4, -0.2) is 17.0 Å². The normalized spacial score (nSPS) is 10.3. The van der Waals surface area contributed by atoms with Crippen LogP contribution in [0.2, 0.25) is 5.15 Å². The van der Waals surface area contributed by atoms with Crippen molar-refractivity contribution in [1.29, 1.82) is 0 Å². The van der Waals surface area contributed by atoms with Gasteiger partial charge in [0.15, 0.2) is 0 Å². The van der Waals surface area contributed by atoms with Crippen LogP contribution in [0.1, 0.15) is 5.56 Å². The first-order valence-electron chi connectivity index (χ1n) is 5.09. The maximum Gasteiger partial charge on any atom is 0.149 e. The summed E-state index contributed by atoms with van der Waals surface area (Å²) >= 11 is 9.34. The third-order valence-electron chi connectivity index (χ3n) is 2.35. The van der Waals surface area contributed by atoms with Crippen LogP contribution in [-0.2, 0) is 6.54 Å². The quantitative estimate of drug-likeness (QED) is 0.868. The number of rotatable bonds is 3. The molecule has 0 saturated heterocycles. The van der Waals surface area contributed by atoms with Crippen LogP contribution in [0.4, 0.5) is 5.82 Å². The predicted octanol–water partition coefficient (Wildman–Crippen LogP) is 3.53. The molecular formula is C12H11BrClN3. The van der Waals surface area contributed by atoms with E-state index in [4.69, 9.17) is 11.6 Å². The minimum Gasteiger partial charge on any atom is -0.354 e. The molecule has 3 nitrogen and oxygen atoms in total. The van der Waals surface area contributed by atoms with Gasteiger partial charge in [-0.25, -0.2) is 4.98 Å². The number of hydrogen-bond donors (Lipinski definition) is 0. The van der Waals surface area contributed by atoms with Gasteiger partial charge in [-0.2, -0.15) is 0 Å². The lowest BCUT2D eigenvalue weighted by molar-refractivity contribution is 0.886. The molecule has 1 aromatic heterocycles. The molecule has 0 spiro atoms. The van der Waals surface area contributed by atoms with Crippen molar-refractivity contribution >= 4 is 33.3 Å². The van der Waals surface area contributed by atoms with Gasteiger partial charge >= 0.3 is 0 Å². The standard InChI is InChI=1S/C12H11BrClN3/c1-17(12-7-15-6-11(14)16-12)8-9-4-2-3-5-10(9)13/h2-7H,8H2,1H3. The van der Waals surface area contributed by atoms with Crippen LogP contribution >= 0.6 is 27.5 Å². The highest BCUT2D eigenvalue weighted by Crippen LogP contribution is 2.20. The molecule has 2 rings (SSSR count). The number of hydrogen-bond acceptors (Lipinski definition) is 3. The molecule has 0 bridgehead atoms. The second kappa shape index (κ2) is 5.47. The summed E-state index contributed by atoms with van der Waals surface area (Å²) in [4.78, 5) is 10.2. The molecule has 0 aliphatic rings. The molecule has 0 radical (unpaired) electrons. The van der Waals surface area contributed by atoms with E-state index >= 15 is 0 Å². The molecule has 5 heteroatoms. The fourth-order valence-electron chi connectivity index (χ4n) is 1.48. The monoisotopic (exact) mass is 311 g/mol. The average Bonchev–Trinajstić information content (AvgIpc) is 2.32. The number of benzene rings is 1. The first-order valence-corrected chi connectivity index (χ1v) is 6.26. The van der Waals surface area contributed by atoms with Crippen molar-refractivity contribution in [1.82, 2.24) is 9.97 Å². The van der Waals surface area contributed by atoms with E-state index in [0.29, 0.717) is 5.15 Å². The van der Waals surface area contributed by atoms with E-state index in [1.807, 2.05) is 30.1 Å². The molecule has 0 fully saturated rings. The number of aromatic nitrogens is 2. The highest BCUT2D eigenvalue weighted by atomic mass is 79.9. The molecule has 0 saturated carbocycles. The van der Waals surface area contributed by atoms with Crippen LogP contribution in [0.15, 0.2) is 41.1 Å². The van der Waals surface area contributed by atoms with Crippen molar-refractivity contribution in [3.63, 3.8) is 0 Å². The maximum atomic E-state index is 5.81. The van der Waals surface area contributed by atoms with Crippen molar-refractivity contribution < 1.29 is 0 Å². The van der Waals surface area contributed by atoms with E-state index in [1.165, 1.54) is 11.8 Å². The molecular weight excluding hydrogens is 302 g/mol. The van der Waals surface area contributed by atoms with Gasteiger partial charge < -0.3 is 4.90 Å². The maximum absolute atomic E-state index is 5.81. The Labute approximate surface area is 114 Å². The molecule has 0 unspecified atom stereocenters. The van der Waals surface area contributed by atoms with E-state index in [9.17, 15) is 0 Å². The van der Waals surface area contributed by atoms with E-state index in [0.717, 1.165) is 16.8 Å². The highest BCUT2D eigenvalue weighted by molar-refractivity contribution is 9.10. The summed E-state index contributed by atoms with van der Waals surface area (Å²) in [5.74, 6) is 0.758. The number of anilines is 1. The van der Waals surface area contributed by atoms with Gasteiger partial charge in [0.05, 0.1) is 12.4 Å². The molecule has 1 aromatic carbocycles. The van der Waals surface area contributed by atoms with Gasteiger partial charge in [-0.05, 0) is 11.6 Å². The third kappa shape index (κ3) is 3.17. The van der Waals surface area contributed by atoms with Gasteiger partial charge in [-0.15, -0.1) is 0 Å². The zero-order chi connectivity index (χ0) is 12.3. The molecule has 88 valence electrons. The lowest BCUT2D eigenvalue weighted by Crippen LogP contribution is -2.18. The Morgan fingerprint density at radius 2 is 2.06 bits per heavy atom. The Hall–Kier alpha value is -1.13. The second-order valence-corrected chi connectivity index (χ2v) is 4.89. The van der Waals surface area contributed by atoms with Gasteiger partial charge in [-0.3, -0.25) is 4.98 Å². The zero-order valence-electron chi connectivity index (χ0n) is 9.27. The highest BCUT2D eigenvalue weighted by Gasteiger charge is 2.06. The van der Waals surface area contributed by atoms with Crippen LogP contribution < -0.4 is 4.90 Å². The minimum absolute atomic E-state index is 0.404. The Morgan fingerprint density at radius 1 is 1.29 bits per heavy atom. The molecule has 0 aliphatic carbocycles. The summed E-state index contributed by atoms with van der Waals surface area (Å²) in [6.45, 7) is 0.746. The van der Waals surface area contributed by atoms with Crippen molar-refractivity contribution in [3.05, 3.63) is 51.8 Å². The van der Waals surface area contributed by atoms with E-state index in [-0.39, 0.29) is 0 Å². The van der Waals surface area contributed by atoms with Crippen molar-refractivity contribution in [2.45, 2.75) is 6.54 Å². The Bertz CT molecular complexity index is 519. The molecule has 2 aromatic rings. The Kier molecular flexibility index (Phi) is 3.97. The summed E-state index contributed by atoms with van der Waals surface area (Å²) in [6.07, 6.45) is 3.22. The van der Waals surface area contributed by atoms with Crippen LogP contribution in [0.25, 0.3) is 0 Å². The molecule has 1 heterocycles. The Morgan fingerprint density at radius 3 is 2.76 bits per heavy atom. The lowest BCUT2D eigenvalue weighted by atomic mass is 10.2. The van der Waals surface area contributed by atoms with Crippen molar-refractivity contribution in [3.8, 4) is 0 Å². The van der Waals surface area contributed by atoms with E-state index < -0.39 is 0 Å². The lowest BCUT2D eigenvalue weighted by Gasteiger charge is -2.18. The van der Waals surface area contributed by atoms with E-state index in [1.54, 1.807) is 6.20 Å². The van der Waals surface area contributed by atoms with Gasteiger partial charge in [0, 0.05) is 18.1 Å². The topological polar surface area (TPSA) is 29.0 Å². The van der Waals surface area contributed by atoms with Crippen LogP contribution in [0.3, 0.4) is 0 Å².